The molecule has 0 bridgehead atoms. The van der Waals surface area contributed by atoms with E-state index in [2.05, 4.69) is 29.5 Å². The average Bonchev–Trinajstić information content (AvgIpc) is 3.61. The maximum absolute atomic E-state index is 12.8. The summed E-state index contributed by atoms with van der Waals surface area (Å²) in [4.78, 5) is 31.4. The summed E-state index contributed by atoms with van der Waals surface area (Å²) in [6.45, 7) is 10.2. The number of amides is 2. The molecule has 16 heteroatoms. The number of aliphatic imine (C=N–C) groups is 2. The van der Waals surface area contributed by atoms with Crippen molar-refractivity contribution >= 4 is 45.7 Å². The zero-order valence-corrected chi connectivity index (χ0v) is 25.1. The lowest BCUT2D eigenvalue weighted by molar-refractivity contribution is -0.154. The Hall–Kier alpha value is -2.88. The summed E-state index contributed by atoms with van der Waals surface area (Å²) in [6.07, 6.45) is -9.09. The number of nitrogens with zero attached hydrogens (tertiary/aromatic N) is 2. The second-order valence-electron chi connectivity index (χ2n) is 10.2. The lowest BCUT2D eigenvalue weighted by Gasteiger charge is -2.07. The van der Waals surface area contributed by atoms with Gasteiger partial charge in [-0.25, -0.2) is 0 Å². The number of hydrogen-bond acceptors (Lipinski definition) is 8. The maximum atomic E-state index is 12.8. The molecule has 4 heterocycles. The van der Waals surface area contributed by atoms with E-state index in [9.17, 15) is 35.9 Å². The monoisotopic (exact) mass is 640 g/mol. The molecule has 2 aliphatic heterocycles. The number of thioether (sulfide) groups is 2. The third kappa shape index (κ3) is 8.58. The van der Waals surface area contributed by atoms with Crippen molar-refractivity contribution in [3.05, 3.63) is 46.3 Å². The summed E-state index contributed by atoms with van der Waals surface area (Å²) in [7, 11) is 0. The molecule has 2 atom stereocenters. The van der Waals surface area contributed by atoms with Gasteiger partial charge in [0.25, 0.3) is 0 Å². The Morgan fingerprint density at radius 1 is 0.738 bits per heavy atom. The van der Waals surface area contributed by atoms with Crippen LogP contribution in [0.1, 0.15) is 61.9 Å². The minimum atomic E-state index is -4.55. The first kappa shape index (κ1) is 33.6. The van der Waals surface area contributed by atoms with Crippen LogP contribution in [0.15, 0.2) is 31.0 Å². The number of furan rings is 2. The van der Waals surface area contributed by atoms with Crippen molar-refractivity contribution in [1.29, 1.82) is 0 Å². The molecule has 42 heavy (non-hydrogen) atoms. The van der Waals surface area contributed by atoms with Crippen LogP contribution in [-0.2, 0) is 35.0 Å². The minimum absolute atomic E-state index is 0.0321. The molecule has 4 rings (SSSR count). The lowest BCUT2D eigenvalue weighted by Crippen LogP contribution is -2.27. The highest BCUT2D eigenvalue weighted by atomic mass is 32.2. The van der Waals surface area contributed by atoms with Crippen LogP contribution in [0.2, 0.25) is 0 Å². The lowest BCUT2D eigenvalue weighted by atomic mass is 10.1. The van der Waals surface area contributed by atoms with Crippen molar-refractivity contribution < 1.29 is 44.8 Å². The number of nitrogens with one attached hydrogen (secondary N) is 2. The quantitative estimate of drug-likeness (QED) is 0.340. The molecule has 232 valence electrons. The molecule has 2 aliphatic rings. The van der Waals surface area contributed by atoms with Crippen LogP contribution < -0.4 is 10.6 Å². The van der Waals surface area contributed by atoms with Crippen LogP contribution in [0.3, 0.4) is 0 Å². The van der Waals surface area contributed by atoms with E-state index in [1.165, 1.54) is 49.5 Å². The number of aryl methyl sites for hydroxylation is 2. The second kappa shape index (κ2) is 13.2. The molecule has 0 saturated carbocycles. The first-order valence-corrected chi connectivity index (χ1v) is 14.5. The molecule has 0 radical (unpaired) electrons. The van der Waals surface area contributed by atoms with Crippen LogP contribution in [0, 0.1) is 25.7 Å². The van der Waals surface area contributed by atoms with E-state index in [1.54, 1.807) is 0 Å². The van der Waals surface area contributed by atoms with Crippen molar-refractivity contribution in [2.75, 3.05) is 0 Å². The van der Waals surface area contributed by atoms with E-state index in [0.29, 0.717) is 10.3 Å². The molecule has 8 nitrogen and oxygen atoms in total. The fraction of sp³-hybridized carbons (Fsp3) is 0.538. The largest absolute Gasteiger partial charge is 0.456 e. The van der Waals surface area contributed by atoms with Crippen molar-refractivity contribution in [1.82, 2.24) is 10.6 Å². The Morgan fingerprint density at radius 3 is 1.33 bits per heavy atom. The third-order valence-corrected chi connectivity index (χ3v) is 8.76. The number of carbonyl (C=O) groups excluding carboxylic acids is 2. The number of halogens is 6. The highest BCUT2D eigenvalue weighted by Gasteiger charge is 2.39. The normalized spacial score (nSPS) is 21.4. The Labute approximate surface area is 246 Å². The van der Waals surface area contributed by atoms with Gasteiger partial charge in [-0.2, -0.15) is 26.3 Å². The molecule has 0 aliphatic carbocycles. The Bertz CT molecular complexity index is 1260. The molecular weight excluding hydrogens is 610 g/mol. The molecule has 2 aromatic heterocycles. The van der Waals surface area contributed by atoms with E-state index < -0.39 is 23.9 Å². The Kier molecular flexibility index (Phi) is 10.6. The molecule has 2 fully saturated rings. The fourth-order valence-corrected chi connectivity index (χ4v) is 5.91. The van der Waals surface area contributed by atoms with Crippen molar-refractivity contribution in [2.24, 2.45) is 21.8 Å². The summed E-state index contributed by atoms with van der Waals surface area (Å²) < 4.78 is 86.0. The van der Waals surface area contributed by atoms with Gasteiger partial charge in [0.2, 0.25) is 23.3 Å². The maximum Gasteiger partial charge on any atom is 0.449 e. The number of hydrogen-bond donors (Lipinski definition) is 2. The predicted octanol–water partition coefficient (Wildman–Crippen LogP) is 6.70. The number of alkyl halides is 6. The SMILES string of the molecule is Cc1cc(CN=C2NC(=O)[C@@H](C(C)C)S2)c(C(F)(F)F)o1.Cc1cc(CN=C2NC(=O)[C@H](C(C)C)S2)c(C(F)(F)F)o1. The molecule has 2 amide bonds. The zero-order valence-electron chi connectivity index (χ0n) is 23.5. The molecule has 0 unspecified atom stereocenters. The molecule has 2 saturated heterocycles. The van der Waals surface area contributed by atoms with Crippen LogP contribution in [0.25, 0.3) is 0 Å². The summed E-state index contributed by atoms with van der Waals surface area (Å²) in [5, 5.41) is 5.36. The molecular formula is C26H30F6N4O4S2. The zero-order chi connectivity index (χ0) is 31.6. The third-order valence-electron chi connectivity index (χ3n) is 5.83. The van der Waals surface area contributed by atoms with Crippen LogP contribution in [0.4, 0.5) is 26.3 Å². The highest BCUT2D eigenvalue weighted by molar-refractivity contribution is 8.16. The van der Waals surface area contributed by atoms with E-state index in [4.69, 9.17) is 0 Å². The van der Waals surface area contributed by atoms with Gasteiger partial charge in [0.05, 0.1) is 23.6 Å². The van der Waals surface area contributed by atoms with Gasteiger partial charge >= 0.3 is 12.4 Å². The van der Waals surface area contributed by atoms with Crippen molar-refractivity contribution in [2.45, 2.75) is 77.5 Å². The van der Waals surface area contributed by atoms with Gasteiger partial charge in [0.1, 0.15) is 11.5 Å². The van der Waals surface area contributed by atoms with Crippen LogP contribution >= 0.6 is 23.5 Å². The molecule has 0 spiro atoms. The van der Waals surface area contributed by atoms with Crippen LogP contribution in [0.5, 0.6) is 0 Å². The second-order valence-corrected chi connectivity index (χ2v) is 12.5. The van der Waals surface area contributed by atoms with E-state index in [1.807, 2.05) is 27.7 Å². The number of amidine groups is 2. The Balaban J connectivity index is 0.000000230. The summed E-state index contributed by atoms with van der Waals surface area (Å²) >= 11 is 2.49. The molecule has 0 aromatic carbocycles. The van der Waals surface area contributed by atoms with Crippen molar-refractivity contribution in [3.63, 3.8) is 0 Å². The summed E-state index contributed by atoms with van der Waals surface area (Å²) in [6, 6.07) is 2.63. The average molecular weight is 641 g/mol. The van der Waals surface area contributed by atoms with Gasteiger partial charge in [-0.3, -0.25) is 19.6 Å². The number of rotatable bonds is 6. The van der Waals surface area contributed by atoms with Gasteiger partial charge in [-0.15, -0.1) is 0 Å². The minimum Gasteiger partial charge on any atom is -0.456 e. The van der Waals surface area contributed by atoms with Gasteiger partial charge in [0, 0.05) is 11.1 Å². The first-order valence-electron chi connectivity index (χ1n) is 12.7. The fourth-order valence-electron chi connectivity index (χ4n) is 3.95. The van der Waals surface area contributed by atoms with Gasteiger partial charge in [-0.05, 0) is 37.8 Å². The molecule has 2 N–H and O–H groups in total. The van der Waals surface area contributed by atoms with Crippen molar-refractivity contribution in [3.8, 4) is 0 Å². The summed E-state index contributed by atoms with van der Waals surface area (Å²) in [5.41, 5.74) is -0.0642. The van der Waals surface area contributed by atoms with E-state index in [-0.39, 0.29) is 69.9 Å². The topological polar surface area (TPSA) is 109 Å². The molecule has 2 aromatic rings. The Morgan fingerprint density at radius 2 is 1.07 bits per heavy atom. The highest BCUT2D eigenvalue weighted by Crippen LogP contribution is 2.36. The van der Waals surface area contributed by atoms with E-state index >= 15 is 0 Å². The standard InChI is InChI=1S/2C13H15F3N2O2S/c2*1-6(2)9-11(19)18-12(21-9)17-5-8-4-7(3)20-10(8)13(14,15)16/h2*4,6,9H,5H2,1-3H3,(H,17,18,19)/t2*9-/m10/s1. The van der Waals surface area contributed by atoms with Crippen LogP contribution in [-0.4, -0.2) is 32.6 Å². The van der Waals surface area contributed by atoms with Gasteiger partial charge in [0.15, 0.2) is 10.3 Å². The van der Waals surface area contributed by atoms with Gasteiger partial charge < -0.3 is 19.5 Å². The van der Waals surface area contributed by atoms with E-state index in [0.717, 1.165) is 0 Å². The van der Waals surface area contributed by atoms with Gasteiger partial charge in [-0.1, -0.05) is 51.2 Å². The number of carbonyl (C=O) groups is 2. The summed E-state index contributed by atoms with van der Waals surface area (Å²) in [5.74, 6) is -1.75. The smallest absolute Gasteiger partial charge is 0.449 e. The first-order chi connectivity index (χ1) is 19.4. The predicted molar refractivity (Wildman–Crippen MR) is 148 cm³/mol.